The Balaban J connectivity index is 2.10. The van der Waals surface area contributed by atoms with Crippen LogP contribution in [0.2, 0.25) is 0 Å². The summed E-state index contributed by atoms with van der Waals surface area (Å²) >= 11 is 0. The van der Waals surface area contributed by atoms with Gasteiger partial charge >= 0.3 is 10.1 Å². The number of benzene rings is 1. The van der Waals surface area contributed by atoms with Crippen LogP contribution in [-0.2, 0) is 14.4 Å². The van der Waals surface area contributed by atoms with Crippen molar-refractivity contribution in [1.82, 2.24) is 0 Å². The molecule has 0 spiro atoms. The molecule has 0 heterocycles. The Morgan fingerprint density at radius 2 is 2.00 bits per heavy atom. The molecule has 1 saturated carbocycles. The standard InChI is InChI=1S/C14H16N2O3S/c15-11-12-6-4-5-7-13(10-12)16-19-20(17,18)14-8-2-1-3-9-14/h1-3,8-9,12H,4-7,10H2. The third-order valence-corrected chi connectivity index (χ3v) is 4.35. The Morgan fingerprint density at radius 1 is 1.25 bits per heavy atom. The first-order valence-electron chi connectivity index (χ1n) is 6.56. The van der Waals surface area contributed by atoms with E-state index in [1.54, 1.807) is 18.2 Å². The summed E-state index contributed by atoms with van der Waals surface area (Å²) in [5, 5.41) is 12.7. The Kier molecular flexibility index (Phi) is 4.74. The molecule has 5 nitrogen and oxygen atoms in total. The molecule has 1 aliphatic rings. The van der Waals surface area contributed by atoms with Gasteiger partial charge in [0.2, 0.25) is 0 Å². The van der Waals surface area contributed by atoms with Crippen molar-refractivity contribution < 1.29 is 12.7 Å². The van der Waals surface area contributed by atoms with Gasteiger partial charge in [-0.15, -0.1) is 0 Å². The summed E-state index contributed by atoms with van der Waals surface area (Å²) in [6, 6.07) is 10.1. The minimum absolute atomic E-state index is 0.0785. The lowest BCUT2D eigenvalue weighted by atomic mass is 10.0. The van der Waals surface area contributed by atoms with Crippen LogP contribution in [-0.4, -0.2) is 14.1 Å². The van der Waals surface area contributed by atoms with Crippen molar-refractivity contribution in [1.29, 1.82) is 5.26 Å². The van der Waals surface area contributed by atoms with Gasteiger partial charge in [-0.25, -0.2) is 0 Å². The molecule has 0 radical (unpaired) electrons. The fourth-order valence-electron chi connectivity index (χ4n) is 2.13. The zero-order chi connectivity index (χ0) is 14.4. The predicted octanol–water partition coefficient (Wildman–Crippen LogP) is 2.85. The molecule has 0 N–H and O–H groups in total. The maximum atomic E-state index is 11.9. The zero-order valence-electron chi connectivity index (χ0n) is 11.0. The quantitative estimate of drug-likeness (QED) is 0.633. The smallest absolute Gasteiger partial charge is 0.265 e. The fourth-order valence-corrected chi connectivity index (χ4v) is 2.91. The zero-order valence-corrected chi connectivity index (χ0v) is 11.8. The summed E-state index contributed by atoms with van der Waals surface area (Å²) in [5.74, 6) is -0.0979. The Hall–Kier alpha value is -1.87. The SMILES string of the molecule is N#CC1CCCCC(=NOS(=O)(=O)c2ccccc2)C1. The molecule has 1 aromatic carbocycles. The average molecular weight is 292 g/mol. The second-order valence-electron chi connectivity index (χ2n) is 4.78. The van der Waals surface area contributed by atoms with Gasteiger partial charge in [0.25, 0.3) is 0 Å². The predicted molar refractivity (Wildman–Crippen MR) is 74.3 cm³/mol. The van der Waals surface area contributed by atoms with E-state index >= 15 is 0 Å². The van der Waals surface area contributed by atoms with Crippen molar-refractivity contribution in [2.45, 2.75) is 37.0 Å². The molecule has 2 rings (SSSR count). The lowest BCUT2D eigenvalue weighted by Crippen LogP contribution is -2.08. The summed E-state index contributed by atoms with van der Waals surface area (Å²) in [4.78, 5) is 0.0785. The van der Waals surface area contributed by atoms with Gasteiger partial charge < -0.3 is 0 Å². The van der Waals surface area contributed by atoms with Crippen LogP contribution in [0.15, 0.2) is 40.4 Å². The molecule has 6 heteroatoms. The molecule has 0 bridgehead atoms. The van der Waals surface area contributed by atoms with Gasteiger partial charge in [0.1, 0.15) is 4.90 Å². The molecule has 1 unspecified atom stereocenters. The number of rotatable bonds is 3. The van der Waals surface area contributed by atoms with Crippen molar-refractivity contribution in [2.75, 3.05) is 0 Å². The van der Waals surface area contributed by atoms with Gasteiger partial charge in [-0.1, -0.05) is 29.8 Å². The first-order chi connectivity index (χ1) is 9.62. The number of oxime groups is 1. The normalized spacial score (nSPS) is 21.9. The van der Waals surface area contributed by atoms with Crippen LogP contribution in [0.1, 0.15) is 32.1 Å². The molecule has 1 atom stereocenters. The highest BCUT2D eigenvalue weighted by Gasteiger charge is 2.19. The minimum Gasteiger partial charge on any atom is -0.265 e. The van der Waals surface area contributed by atoms with E-state index in [2.05, 4.69) is 11.2 Å². The van der Waals surface area contributed by atoms with E-state index in [0.717, 1.165) is 19.3 Å². The Labute approximate surface area is 119 Å². The molecule has 0 saturated heterocycles. The van der Waals surface area contributed by atoms with Crippen LogP contribution in [0.5, 0.6) is 0 Å². The number of hydrogen-bond acceptors (Lipinski definition) is 5. The fraction of sp³-hybridized carbons (Fsp3) is 0.429. The van der Waals surface area contributed by atoms with Crippen LogP contribution in [0.4, 0.5) is 0 Å². The van der Waals surface area contributed by atoms with Gasteiger partial charge in [-0.2, -0.15) is 13.7 Å². The molecule has 1 aliphatic carbocycles. The van der Waals surface area contributed by atoms with E-state index in [1.807, 2.05) is 0 Å². The first-order valence-corrected chi connectivity index (χ1v) is 7.97. The third kappa shape index (κ3) is 3.81. The number of nitrogens with zero attached hydrogens (tertiary/aromatic N) is 2. The molecule has 0 aliphatic heterocycles. The topological polar surface area (TPSA) is 79.5 Å². The van der Waals surface area contributed by atoms with Crippen LogP contribution < -0.4 is 0 Å². The van der Waals surface area contributed by atoms with E-state index in [9.17, 15) is 8.42 Å². The summed E-state index contributed by atoms with van der Waals surface area (Å²) in [6.45, 7) is 0. The van der Waals surface area contributed by atoms with Gasteiger partial charge in [-0.05, 0) is 31.4 Å². The maximum absolute atomic E-state index is 11.9. The summed E-state index contributed by atoms with van der Waals surface area (Å²) in [7, 11) is -3.87. The molecule has 1 fully saturated rings. The molecule has 20 heavy (non-hydrogen) atoms. The van der Waals surface area contributed by atoms with Crippen molar-refractivity contribution in [3.05, 3.63) is 30.3 Å². The number of hydrogen-bond donors (Lipinski definition) is 0. The molecular weight excluding hydrogens is 276 g/mol. The Morgan fingerprint density at radius 3 is 2.70 bits per heavy atom. The maximum Gasteiger partial charge on any atom is 0.358 e. The third-order valence-electron chi connectivity index (χ3n) is 3.23. The lowest BCUT2D eigenvalue weighted by molar-refractivity contribution is 0.336. The van der Waals surface area contributed by atoms with Crippen molar-refractivity contribution in [2.24, 2.45) is 11.1 Å². The van der Waals surface area contributed by atoms with Gasteiger partial charge in [0.15, 0.2) is 0 Å². The molecule has 106 valence electrons. The summed E-state index contributed by atoms with van der Waals surface area (Å²) in [5.41, 5.74) is 0.647. The largest absolute Gasteiger partial charge is 0.358 e. The molecule has 0 amide bonds. The van der Waals surface area contributed by atoms with Crippen LogP contribution >= 0.6 is 0 Å². The first kappa shape index (κ1) is 14.5. The van der Waals surface area contributed by atoms with Gasteiger partial charge in [0.05, 0.1) is 17.7 Å². The molecule has 0 aromatic heterocycles. The van der Waals surface area contributed by atoms with Crippen LogP contribution in [0, 0.1) is 17.2 Å². The van der Waals surface area contributed by atoms with Crippen molar-refractivity contribution in [3.63, 3.8) is 0 Å². The summed E-state index contributed by atoms with van der Waals surface area (Å²) in [6.07, 6.45) is 3.87. The van der Waals surface area contributed by atoms with E-state index < -0.39 is 10.1 Å². The average Bonchev–Trinajstić information content (AvgIpc) is 2.71. The lowest BCUT2D eigenvalue weighted by Gasteiger charge is -2.05. The highest BCUT2D eigenvalue weighted by molar-refractivity contribution is 7.86. The van der Waals surface area contributed by atoms with Crippen LogP contribution in [0.3, 0.4) is 0 Å². The van der Waals surface area contributed by atoms with Gasteiger partial charge in [-0.3, -0.25) is 4.28 Å². The van der Waals surface area contributed by atoms with Crippen LogP contribution in [0.25, 0.3) is 0 Å². The van der Waals surface area contributed by atoms with Gasteiger partial charge in [0, 0.05) is 6.42 Å². The van der Waals surface area contributed by atoms with E-state index in [1.165, 1.54) is 12.1 Å². The van der Waals surface area contributed by atoms with E-state index in [4.69, 9.17) is 9.55 Å². The Bertz CT molecular complexity index is 618. The highest BCUT2D eigenvalue weighted by atomic mass is 32.2. The number of nitriles is 1. The monoisotopic (exact) mass is 292 g/mol. The second kappa shape index (κ2) is 6.53. The molecular formula is C14H16N2O3S. The van der Waals surface area contributed by atoms with Crippen molar-refractivity contribution >= 4 is 15.8 Å². The summed E-state index contributed by atoms with van der Waals surface area (Å²) < 4.78 is 28.6. The van der Waals surface area contributed by atoms with E-state index in [-0.39, 0.29) is 10.8 Å². The molecule has 1 aromatic rings. The highest BCUT2D eigenvalue weighted by Crippen LogP contribution is 2.21. The second-order valence-corrected chi connectivity index (χ2v) is 6.30. The minimum atomic E-state index is -3.87. The van der Waals surface area contributed by atoms with Crippen molar-refractivity contribution in [3.8, 4) is 6.07 Å². The van der Waals surface area contributed by atoms with E-state index in [0.29, 0.717) is 18.6 Å².